The highest BCUT2D eigenvalue weighted by atomic mass is 16.5. The van der Waals surface area contributed by atoms with Gasteiger partial charge in [0.15, 0.2) is 0 Å². The molecule has 4 heteroatoms. The van der Waals surface area contributed by atoms with Gasteiger partial charge in [-0.3, -0.25) is 4.79 Å². The molecule has 0 radical (unpaired) electrons. The SMILES string of the molecule is COc1ccc(C(=O)Nc2ccc(OCCCc3ccccc3)cc2)cc1. The lowest BCUT2D eigenvalue weighted by molar-refractivity contribution is 0.102. The number of amides is 1. The van der Waals surface area contributed by atoms with E-state index >= 15 is 0 Å². The van der Waals surface area contributed by atoms with Crippen LogP contribution in [-0.4, -0.2) is 19.6 Å². The predicted octanol–water partition coefficient (Wildman–Crippen LogP) is 4.96. The highest BCUT2D eigenvalue weighted by molar-refractivity contribution is 6.04. The number of hydrogen-bond acceptors (Lipinski definition) is 3. The molecule has 4 nitrogen and oxygen atoms in total. The maximum absolute atomic E-state index is 12.3. The number of carbonyl (C=O) groups is 1. The molecule has 0 saturated heterocycles. The third kappa shape index (κ3) is 5.61. The first-order valence-electron chi connectivity index (χ1n) is 8.97. The van der Waals surface area contributed by atoms with Crippen LogP contribution >= 0.6 is 0 Å². The molecule has 0 saturated carbocycles. The Hall–Kier alpha value is -3.27. The molecular formula is C23H23NO3. The molecule has 3 aromatic carbocycles. The Bertz CT molecular complexity index is 843. The lowest BCUT2D eigenvalue weighted by Gasteiger charge is -2.09. The van der Waals surface area contributed by atoms with Crippen LogP contribution in [0.25, 0.3) is 0 Å². The molecule has 0 unspecified atom stereocenters. The van der Waals surface area contributed by atoms with Crippen molar-refractivity contribution in [2.75, 3.05) is 19.0 Å². The van der Waals surface area contributed by atoms with Crippen LogP contribution in [0.5, 0.6) is 11.5 Å². The smallest absolute Gasteiger partial charge is 0.255 e. The summed E-state index contributed by atoms with van der Waals surface area (Å²) in [6.45, 7) is 0.659. The van der Waals surface area contributed by atoms with Gasteiger partial charge in [-0.1, -0.05) is 30.3 Å². The summed E-state index contributed by atoms with van der Waals surface area (Å²) in [5.74, 6) is 1.36. The summed E-state index contributed by atoms with van der Waals surface area (Å²) in [4.78, 5) is 12.3. The number of anilines is 1. The van der Waals surface area contributed by atoms with Crippen molar-refractivity contribution in [1.29, 1.82) is 0 Å². The summed E-state index contributed by atoms with van der Waals surface area (Å²) >= 11 is 0. The molecule has 0 spiro atoms. The molecule has 1 amide bonds. The van der Waals surface area contributed by atoms with Crippen LogP contribution in [0.4, 0.5) is 5.69 Å². The summed E-state index contributed by atoms with van der Waals surface area (Å²) in [5.41, 5.74) is 2.63. The number of aryl methyl sites for hydroxylation is 1. The van der Waals surface area contributed by atoms with Crippen LogP contribution < -0.4 is 14.8 Å². The number of benzene rings is 3. The van der Waals surface area contributed by atoms with Crippen molar-refractivity contribution in [3.8, 4) is 11.5 Å². The van der Waals surface area contributed by atoms with Gasteiger partial charge in [0.2, 0.25) is 0 Å². The van der Waals surface area contributed by atoms with Gasteiger partial charge in [0.25, 0.3) is 5.91 Å². The minimum absolute atomic E-state index is 0.158. The zero-order valence-corrected chi connectivity index (χ0v) is 15.4. The second-order valence-electron chi connectivity index (χ2n) is 6.14. The Balaban J connectivity index is 1.45. The van der Waals surface area contributed by atoms with Crippen LogP contribution in [0.3, 0.4) is 0 Å². The molecule has 0 aliphatic carbocycles. The Morgan fingerprint density at radius 2 is 1.52 bits per heavy atom. The van der Waals surface area contributed by atoms with Crippen LogP contribution in [-0.2, 0) is 6.42 Å². The third-order valence-corrected chi connectivity index (χ3v) is 4.19. The maximum atomic E-state index is 12.3. The highest BCUT2D eigenvalue weighted by Crippen LogP contribution is 2.18. The molecule has 0 heterocycles. The average Bonchev–Trinajstić information content (AvgIpc) is 2.73. The molecule has 3 rings (SSSR count). The van der Waals surface area contributed by atoms with Crippen LogP contribution in [0.15, 0.2) is 78.9 Å². The standard InChI is InChI=1S/C23H23NO3/c1-26-21-13-9-19(10-14-21)23(25)24-20-11-15-22(16-12-20)27-17-5-8-18-6-3-2-4-7-18/h2-4,6-7,9-16H,5,8,17H2,1H3,(H,24,25). The van der Waals surface area contributed by atoms with E-state index < -0.39 is 0 Å². The highest BCUT2D eigenvalue weighted by Gasteiger charge is 2.06. The molecule has 138 valence electrons. The van der Waals surface area contributed by atoms with Crippen LogP contribution in [0.1, 0.15) is 22.3 Å². The first-order valence-corrected chi connectivity index (χ1v) is 8.97. The van der Waals surface area contributed by atoms with Gasteiger partial charge in [0.05, 0.1) is 13.7 Å². The first-order chi connectivity index (χ1) is 13.2. The number of rotatable bonds is 8. The summed E-state index contributed by atoms with van der Waals surface area (Å²) in [7, 11) is 1.60. The second-order valence-corrected chi connectivity index (χ2v) is 6.14. The number of hydrogen-bond donors (Lipinski definition) is 1. The van der Waals surface area contributed by atoms with Crippen LogP contribution in [0, 0.1) is 0 Å². The van der Waals surface area contributed by atoms with E-state index in [-0.39, 0.29) is 5.91 Å². The summed E-state index contributed by atoms with van der Waals surface area (Å²) in [6.07, 6.45) is 1.96. The van der Waals surface area contributed by atoms with E-state index in [1.54, 1.807) is 31.4 Å². The van der Waals surface area contributed by atoms with Gasteiger partial charge < -0.3 is 14.8 Å². The fraction of sp³-hybridized carbons (Fsp3) is 0.174. The quantitative estimate of drug-likeness (QED) is 0.577. The average molecular weight is 361 g/mol. The molecule has 0 bridgehead atoms. The molecule has 0 aromatic heterocycles. The fourth-order valence-electron chi connectivity index (χ4n) is 2.69. The number of carbonyl (C=O) groups excluding carboxylic acids is 1. The lowest BCUT2D eigenvalue weighted by atomic mass is 10.1. The Kier molecular flexibility index (Phi) is 6.47. The van der Waals surface area contributed by atoms with Gasteiger partial charge in [0, 0.05) is 11.3 Å². The van der Waals surface area contributed by atoms with Crippen LogP contribution in [0.2, 0.25) is 0 Å². The maximum Gasteiger partial charge on any atom is 0.255 e. The van der Waals surface area contributed by atoms with Gasteiger partial charge in [0.1, 0.15) is 11.5 Å². The van der Waals surface area contributed by atoms with Crippen molar-refractivity contribution < 1.29 is 14.3 Å². The molecule has 0 fully saturated rings. The normalized spacial score (nSPS) is 10.3. The van der Waals surface area contributed by atoms with Gasteiger partial charge in [-0.25, -0.2) is 0 Å². The summed E-state index contributed by atoms with van der Waals surface area (Å²) in [5, 5.41) is 2.88. The summed E-state index contributed by atoms with van der Waals surface area (Å²) in [6, 6.07) is 24.8. The minimum Gasteiger partial charge on any atom is -0.497 e. The third-order valence-electron chi connectivity index (χ3n) is 4.19. The fourth-order valence-corrected chi connectivity index (χ4v) is 2.69. The molecule has 3 aromatic rings. The largest absolute Gasteiger partial charge is 0.497 e. The van der Waals surface area contributed by atoms with Gasteiger partial charge in [-0.15, -0.1) is 0 Å². The van der Waals surface area contributed by atoms with Gasteiger partial charge in [-0.05, 0) is 66.9 Å². The van der Waals surface area contributed by atoms with Crippen molar-refractivity contribution in [2.45, 2.75) is 12.8 Å². The van der Waals surface area contributed by atoms with Crippen molar-refractivity contribution >= 4 is 11.6 Å². The Labute approximate surface area is 159 Å². The lowest BCUT2D eigenvalue weighted by Crippen LogP contribution is -2.11. The number of nitrogens with one attached hydrogen (secondary N) is 1. The Morgan fingerprint density at radius 1 is 0.852 bits per heavy atom. The van der Waals surface area contributed by atoms with Gasteiger partial charge >= 0.3 is 0 Å². The van der Waals surface area contributed by atoms with E-state index in [1.165, 1.54) is 5.56 Å². The predicted molar refractivity (Wildman–Crippen MR) is 108 cm³/mol. The van der Waals surface area contributed by atoms with E-state index in [0.717, 1.165) is 30.0 Å². The molecule has 0 atom stereocenters. The second kappa shape index (κ2) is 9.43. The Morgan fingerprint density at radius 3 is 2.19 bits per heavy atom. The van der Waals surface area contributed by atoms with E-state index in [0.29, 0.717) is 12.2 Å². The minimum atomic E-state index is -0.158. The zero-order chi connectivity index (χ0) is 18.9. The van der Waals surface area contributed by atoms with Crippen molar-refractivity contribution in [3.05, 3.63) is 90.0 Å². The van der Waals surface area contributed by atoms with Crippen molar-refractivity contribution in [2.24, 2.45) is 0 Å². The van der Waals surface area contributed by atoms with E-state index in [1.807, 2.05) is 30.3 Å². The van der Waals surface area contributed by atoms with E-state index in [9.17, 15) is 4.79 Å². The van der Waals surface area contributed by atoms with Crippen molar-refractivity contribution in [3.63, 3.8) is 0 Å². The monoisotopic (exact) mass is 361 g/mol. The molecule has 1 N–H and O–H groups in total. The number of methoxy groups -OCH3 is 1. The zero-order valence-electron chi connectivity index (χ0n) is 15.4. The van der Waals surface area contributed by atoms with Gasteiger partial charge in [-0.2, -0.15) is 0 Å². The molecule has 0 aliphatic heterocycles. The molecule has 27 heavy (non-hydrogen) atoms. The number of ether oxygens (including phenoxy) is 2. The topological polar surface area (TPSA) is 47.6 Å². The molecule has 0 aliphatic rings. The summed E-state index contributed by atoms with van der Waals surface area (Å²) < 4.78 is 10.9. The van der Waals surface area contributed by atoms with E-state index in [4.69, 9.17) is 9.47 Å². The van der Waals surface area contributed by atoms with E-state index in [2.05, 4.69) is 29.6 Å². The van der Waals surface area contributed by atoms with Crippen molar-refractivity contribution in [1.82, 2.24) is 0 Å². The first kappa shape index (κ1) is 18.5. The molecular weight excluding hydrogens is 338 g/mol.